The van der Waals surface area contributed by atoms with Crippen LogP contribution in [0.3, 0.4) is 0 Å². The monoisotopic (exact) mass is 426 g/mol. The highest BCUT2D eigenvalue weighted by atomic mass is 16.5. The first kappa shape index (κ1) is 21.8. The number of fused-ring (bicyclic) bond motifs is 9. The van der Waals surface area contributed by atoms with E-state index in [1.54, 1.807) is 17.1 Å². The van der Waals surface area contributed by atoms with Gasteiger partial charge in [0.1, 0.15) is 12.4 Å². The molecule has 0 atom stereocenters. The lowest BCUT2D eigenvalue weighted by molar-refractivity contribution is 0.0319. The minimum absolute atomic E-state index is 0.00165. The van der Waals surface area contributed by atoms with Gasteiger partial charge in [0.15, 0.2) is 0 Å². The van der Waals surface area contributed by atoms with Crippen LogP contribution in [0.1, 0.15) is 48.0 Å². The number of aliphatic hydroxyl groups is 1. The SMILES string of the molecule is Cn1cc(C(=O)N2CCCCC3(CO)CCN(CC3)Cc3ccccc3OCC2)cn1. The number of piperidine rings is 1. The lowest BCUT2D eigenvalue weighted by atomic mass is 9.75. The van der Waals surface area contributed by atoms with Crippen molar-refractivity contribution in [3.8, 4) is 5.75 Å². The normalized spacial score (nSPS) is 25.2. The molecule has 1 aromatic heterocycles. The maximum atomic E-state index is 13.1. The van der Waals surface area contributed by atoms with Crippen molar-refractivity contribution >= 4 is 5.91 Å². The molecular formula is C24H34N4O3. The van der Waals surface area contributed by atoms with Crippen LogP contribution in [0.5, 0.6) is 5.75 Å². The number of amides is 1. The molecule has 1 aromatic carbocycles. The summed E-state index contributed by atoms with van der Waals surface area (Å²) in [4.78, 5) is 17.4. The Morgan fingerprint density at radius 3 is 2.68 bits per heavy atom. The number of hydrogen-bond acceptors (Lipinski definition) is 5. The van der Waals surface area contributed by atoms with Crippen molar-refractivity contribution in [3.63, 3.8) is 0 Å². The highest BCUT2D eigenvalue weighted by molar-refractivity contribution is 5.93. The van der Waals surface area contributed by atoms with E-state index in [-0.39, 0.29) is 17.9 Å². The summed E-state index contributed by atoms with van der Waals surface area (Å²) in [6.07, 6.45) is 8.38. The zero-order valence-corrected chi connectivity index (χ0v) is 18.5. The molecule has 1 N–H and O–H groups in total. The number of benzene rings is 1. The van der Waals surface area contributed by atoms with E-state index in [0.717, 1.165) is 57.5 Å². The zero-order valence-electron chi connectivity index (χ0n) is 18.5. The lowest BCUT2D eigenvalue weighted by Crippen LogP contribution is -2.41. The Morgan fingerprint density at radius 2 is 1.94 bits per heavy atom. The minimum Gasteiger partial charge on any atom is -0.491 e. The van der Waals surface area contributed by atoms with Gasteiger partial charge in [-0.25, -0.2) is 0 Å². The quantitative estimate of drug-likeness (QED) is 0.800. The highest BCUT2D eigenvalue weighted by Gasteiger charge is 2.34. The molecule has 1 amide bonds. The van der Waals surface area contributed by atoms with E-state index < -0.39 is 0 Å². The third-order valence-corrected chi connectivity index (χ3v) is 6.86. The highest BCUT2D eigenvalue weighted by Crippen LogP contribution is 2.37. The van der Waals surface area contributed by atoms with Crippen molar-refractivity contribution in [2.75, 3.05) is 39.4 Å². The van der Waals surface area contributed by atoms with Gasteiger partial charge in [0, 0.05) is 38.5 Å². The maximum absolute atomic E-state index is 13.1. The predicted octanol–water partition coefficient (Wildman–Crippen LogP) is 2.70. The van der Waals surface area contributed by atoms with Gasteiger partial charge in [-0.3, -0.25) is 14.4 Å². The molecule has 5 rings (SSSR count). The van der Waals surface area contributed by atoms with Crippen molar-refractivity contribution in [1.29, 1.82) is 0 Å². The molecule has 2 bridgehead atoms. The van der Waals surface area contributed by atoms with Gasteiger partial charge in [-0.05, 0) is 50.3 Å². The van der Waals surface area contributed by atoms with Gasteiger partial charge in [-0.2, -0.15) is 5.10 Å². The largest absolute Gasteiger partial charge is 0.491 e. The summed E-state index contributed by atoms with van der Waals surface area (Å²) in [5, 5.41) is 14.3. The van der Waals surface area contributed by atoms with Gasteiger partial charge in [0.05, 0.1) is 18.3 Å². The van der Waals surface area contributed by atoms with E-state index >= 15 is 0 Å². The average molecular weight is 427 g/mol. The fourth-order valence-corrected chi connectivity index (χ4v) is 4.79. The fourth-order valence-electron chi connectivity index (χ4n) is 4.79. The Hall–Kier alpha value is -2.38. The van der Waals surface area contributed by atoms with Crippen LogP contribution in [0.2, 0.25) is 0 Å². The molecule has 7 nitrogen and oxygen atoms in total. The Balaban J connectivity index is 1.53. The van der Waals surface area contributed by atoms with Crippen LogP contribution in [0, 0.1) is 5.41 Å². The molecule has 7 heteroatoms. The third-order valence-electron chi connectivity index (χ3n) is 6.86. The number of nitrogens with zero attached hydrogens (tertiary/aromatic N) is 4. The van der Waals surface area contributed by atoms with Crippen molar-refractivity contribution in [3.05, 3.63) is 47.8 Å². The van der Waals surface area contributed by atoms with Gasteiger partial charge >= 0.3 is 0 Å². The van der Waals surface area contributed by atoms with Gasteiger partial charge in [-0.15, -0.1) is 0 Å². The molecule has 0 radical (unpaired) electrons. The minimum atomic E-state index is -0.00165. The van der Waals surface area contributed by atoms with Crippen LogP contribution in [-0.4, -0.2) is 70.0 Å². The molecular weight excluding hydrogens is 392 g/mol. The summed E-state index contributed by atoms with van der Waals surface area (Å²) >= 11 is 0. The number of aliphatic hydroxyl groups excluding tert-OH is 1. The van der Waals surface area contributed by atoms with E-state index in [1.807, 2.05) is 24.1 Å². The summed E-state index contributed by atoms with van der Waals surface area (Å²) in [5.41, 5.74) is 1.81. The third kappa shape index (κ3) is 5.28. The summed E-state index contributed by atoms with van der Waals surface area (Å²) in [5.74, 6) is 0.892. The zero-order chi connectivity index (χ0) is 21.7. The van der Waals surface area contributed by atoms with Crippen LogP contribution in [0.4, 0.5) is 0 Å². The number of carbonyl (C=O) groups is 1. The summed E-state index contributed by atoms with van der Waals surface area (Å²) in [7, 11) is 1.82. The summed E-state index contributed by atoms with van der Waals surface area (Å²) < 4.78 is 7.81. The number of aromatic nitrogens is 2. The van der Waals surface area contributed by atoms with Crippen LogP contribution >= 0.6 is 0 Å². The summed E-state index contributed by atoms with van der Waals surface area (Å²) in [6, 6.07) is 8.19. The second-order valence-electron chi connectivity index (χ2n) is 9.04. The summed E-state index contributed by atoms with van der Waals surface area (Å²) in [6.45, 7) is 4.79. The lowest BCUT2D eigenvalue weighted by Gasteiger charge is -2.41. The topological polar surface area (TPSA) is 70.8 Å². The van der Waals surface area contributed by atoms with E-state index in [2.05, 4.69) is 22.1 Å². The standard InChI is InChI=1S/C24H34N4O3/c1-26-17-21(16-25-26)23(30)28-11-5-4-8-24(19-29)9-12-27(13-10-24)18-20-6-2-3-7-22(20)31-15-14-28/h2-3,6-7,16-17,29H,4-5,8-15,18-19H2,1H3. The van der Waals surface area contributed by atoms with Gasteiger partial charge in [0.25, 0.3) is 5.91 Å². The molecule has 0 aliphatic carbocycles. The molecule has 0 spiro atoms. The smallest absolute Gasteiger partial charge is 0.257 e. The van der Waals surface area contributed by atoms with Crippen molar-refractivity contribution in [2.45, 2.75) is 38.6 Å². The van der Waals surface area contributed by atoms with Gasteiger partial charge in [-0.1, -0.05) is 24.6 Å². The molecule has 168 valence electrons. The number of ether oxygens (including phenoxy) is 1. The van der Waals surface area contributed by atoms with E-state index in [1.165, 1.54) is 5.56 Å². The van der Waals surface area contributed by atoms with Crippen LogP contribution in [-0.2, 0) is 13.6 Å². The number of rotatable bonds is 2. The van der Waals surface area contributed by atoms with E-state index in [4.69, 9.17) is 4.74 Å². The van der Waals surface area contributed by atoms with E-state index in [9.17, 15) is 9.90 Å². The Morgan fingerprint density at radius 1 is 1.13 bits per heavy atom. The molecule has 1 fully saturated rings. The van der Waals surface area contributed by atoms with E-state index in [0.29, 0.717) is 25.3 Å². The second kappa shape index (κ2) is 9.83. The number of carbonyl (C=O) groups excluding carboxylic acids is 1. The number of para-hydroxylation sites is 1. The Bertz CT molecular complexity index is 873. The Labute approximate surface area is 184 Å². The van der Waals surface area contributed by atoms with Gasteiger partial charge in [0.2, 0.25) is 0 Å². The van der Waals surface area contributed by atoms with Crippen LogP contribution < -0.4 is 4.74 Å². The Kier molecular flexibility index (Phi) is 6.92. The van der Waals surface area contributed by atoms with Crippen molar-refractivity contribution in [1.82, 2.24) is 19.6 Å². The molecule has 2 aromatic rings. The average Bonchev–Trinajstić information content (AvgIpc) is 3.22. The first-order valence-electron chi connectivity index (χ1n) is 11.4. The second-order valence-corrected chi connectivity index (χ2v) is 9.04. The molecule has 1 saturated heterocycles. The van der Waals surface area contributed by atoms with Crippen molar-refractivity contribution < 1.29 is 14.6 Å². The van der Waals surface area contributed by atoms with Crippen LogP contribution in [0.25, 0.3) is 0 Å². The number of aryl methyl sites for hydroxylation is 1. The first-order chi connectivity index (χ1) is 15.1. The van der Waals surface area contributed by atoms with Crippen LogP contribution in [0.15, 0.2) is 36.7 Å². The maximum Gasteiger partial charge on any atom is 0.257 e. The predicted molar refractivity (Wildman–Crippen MR) is 119 cm³/mol. The molecule has 0 unspecified atom stereocenters. The fraction of sp³-hybridized carbons (Fsp3) is 0.583. The van der Waals surface area contributed by atoms with Gasteiger partial charge < -0.3 is 14.7 Å². The molecule has 4 heterocycles. The molecule has 3 aliphatic rings. The molecule has 31 heavy (non-hydrogen) atoms. The molecule has 3 aliphatic heterocycles. The molecule has 0 saturated carbocycles. The number of hydrogen-bond donors (Lipinski definition) is 1. The van der Waals surface area contributed by atoms with Crippen molar-refractivity contribution in [2.24, 2.45) is 12.5 Å². The first-order valence-corrected chi connectivity index (χ1v) is 11.4.